The Kier molecular flexibility index (Phi) is 8.44. The van der Waals surface area contributed by atoms with Crippen molar-refractivity contribution in [2.45, 2.75) is 0 Å². The van der Waals surface area contributed by atoms with Crippen molar-refractivity contribution in [3.63, 3.8) is 0 Å². The van der Waals surface area contributed by atoms with E-state index >= 15 is 0 Å². The first kappa shape index (κ1) is 20.1. The van der Waals surface area contributed by atoms with Gasteiger partial charge in [0.15, 0.2) is 0 Å². The summed E-state index contributed by atoms with van der Waals surface area (Å²) in [6.45, 7) is 3.70. The van der Waals surface area contributed by atoms with E-state index in [-0.39, 0.29) is 30.7 Å². The number of para-hydroxylation sites is 2. The Morgan fingerprint density at radius 3 is 1.96 bits per heavy atom. The van der Waals surface area contributed by atoms with Crippen molar-refractivity contribution >= 4 is 42.1 Å². The highest BCUT2D eigenvalue weighted by Crippen LogP contribution is 2.15. The van der Waals surface area contributed by atoms with Crippen molar-refractivity contribution < 1.29 is 4.79 Å². The summed E-state index contributed by atoms with van der Waals surface area (Å²) in [6.07, 6.45) is 0. The summed E-state index contributed by atoms with van der Waals surface area (Å²) in [7, 11) is 0. The van der Waals surface area contributed by atoms with Crippen LogP contribution < -0.4 is 10.2 Å². The van der Waals surface area contributed by atoms with Crippen LogP contribution in [0.1, 0.15) is 0 Å². The molecule has 0 radical (unpaired) electrons. The largest absolute Gasteiger partial charge is 0.376 e. The molecule has 1 N–H and O–H groups in total. The van der Waals surface area contributed by atoms with Gasteiger partial charge in [0, 0.05) is 37.6 Å². The summed E-state index contributed by atoms with van der Waals surface area (Å²) >= 11 is 0. The molecular weight excluding hydrogens is 345 g/mol. The molecule has 130 valence electrons. The maximum absolute atomic E-state index is 12.3. The van der Waals surface area contributed by atoms with Crippen molar-refractivity contribution in [3.05, 3.63) is 60.7 Å². The molecule has 1 aliphatic heterocycles. The number of rotatable bonds is 4. The number of hydrogen-bond acceptors (Lipinski definition) is 3. The fourth-order valence-corrected chi connectivity index (χ4v) is 2.70. The van der Waals surface area contributed by atoms with E-state index in [1.807, 2.05) is 41.3 Å². The maximum Gasteiger partial charge on any atom is 0.241 e. The van der Waals surface area contributed by atoms with Gasteiger partial charge in [-0.15, -0.1) is 24.8 Å². The third-order valence-corrected chi connectivity index (χ3v) is 3.97. The quantitative estimate of drug-likeness (QED) is 0.900. The fraction of sp³-hybridized carbons (Fsp3) is 0.278. The Labute approximate surface area is 155 Å². The van der Waals surface area contributed by atoms with E-state index in [4.69, 9.17) is 0 Å². The molecule has 0 saturated carbocycles. The first-order valence-electron chi connectivity index (χ1n) is 7.69. The highest BCUT2D eigenvalue weighted by molar-refractivity contribution is 5.85. The van der Waals surface area contributed by atoms with Gasteiger partial charge in [-0.3, -0.25) is 4.79 Å². The molecular formula is C18H23Cl2N3O. The normalized spacial score (nSPS) is 13.5. The van der Waals surface area contributed by atoms with Gasteiger partial charge in [-0.05, 0) is 24.3 Å². The topological polar surface area (TPSA) is 35.6 Å². The zero-order valence-corrected chi connectivity index (χ0v) is 15.1. The van der Waals surface area contributed by atoms with E-state index in [0.29, 0.717) is 6.54 Å². The summed E-state index contributed by atoms with van der Waals surface area (Å²) in [6, 6.07) is 20.2. The standard InChI is InChI=1S/C18H21N3O.2ClH/c22-18(15-19-16-7-3-1-4-8-16)21-13-11-20(12-14-21)17-9-5-2-6-10-17;;/h1-10,19H,11-15H2;2*1H. The average molecular weight is 368 g/mol. The summed E-state index contributed by atoms with van der Waals surface area (Å²) in [4.78, 5) is 16.5. The van der Waals surface area contributed by atoms with Crippen LogP contribution in [0, 0.1) is 0 Å². The van der Waals surface area contributed by atoms with Crippen molar-refractivity contribution in [2.75, 3.05) is 42.9 Å². The highest BCUT2D eigenvalue weighted by Gasteiger charge is 2.20. The molecule has 0 atom stereocenters. The van der Waals surface area contributed by atoms with Crippen molar-refractivity contribution in [1.82, 2.24) is 4.90 Å². The molecule has 1 heterocycles. The first-order valence-corrected chi connectivity index (χ1v) is 7.69. The lowest BCUT2D eigenvalue weighted by Crippen LogP contribution is -2.50. The first-order chi connectivity index (χ1) is 10.8. The lowest BCUT2D eigenvalue weighted by Gasteiger charge is -2.36. The smallest absolute Gasteiger partial charge is 0.241 e. The predicted molar refractivity (Wildman–Crippen MR) is 105 cm³/mol. The second-order valence-corrected chi connectivity index (χ2v) is 5.42. The molecule has 1 saturated heterocycles. The SMILES string of the molecule is Cl.Cl.O=C(CNc1ccccc1)N1CCN(c2ccccc2)CC1. The Bertz CT molecular complexity index is 602. The van der Waals surface area contributed by atoms with Gasteiger partial charge in [-0.25, -0.2) is 0 Å². The van der Waals surface area contributed by atoms with E-state index in [1.54, 1.807) is 0 Å². The molecule has 1 aliphatic rings. The zero-order valence-electron chi connectivity index (χ0n) is 13.4. The van der Waals surface area contributed by atoms with Gasteiger partial charge < -0.3 is 15.1 Å². The molecule has 0 unspecified atom stereocenters. The predicted octanol–water partition coefficient (Wildman–Crippen LogP) is 3.29. The van der Waals surface area contributed by atoms with Gasteiger partial charge in [0.1, 0.15) is 0 Å². The summed E-state index contributed by atoms with van der Waals surface area (Å²) < 4.78 is 0. The van der Waals surface area contributed by atoms with Crippen LogP contribution in [0.5, 0.6) is 0 Å². The van der Waals surface area contributed by atoms with Gasteiger partial charge >= 0.3 is 0 Å². The highest BCUT2D eigenvalue weighted by atomic mass is 35.5. The molecule has 0 spiro atoms. The summed E-state index contributed by atoms with van der Waals surface area (Å²) in [5.41, 5.74) is 2.22. The number of nitrogens with one attached hydrogen (secondary N) is 1. The average Bonchev–Trinajstić information content (AvgIpc) is 2.61. The second-order valence-electron chi connectivity index (χ2n) is 5.42. The minimum absolute atomic E-state index is 0. The van der Waals surface area contributed by atoms with Crippen LogP contribution in [0.3, 0.4) is 0 Å². The molecule has 1 amide bonds. The molecule has 4 nitrogen and oxygen atoms in total. The molecule has 0 aliphatic carbocycles. The van der Waals surface area contributed by atoms with Crippen LogP contribution in [0.15, 0.2) is 60.7 Å². The molecule has 24 heavy (non-hydrogen) atoms. The second kappa shape index (κ2) is 10.1. The lowest BCUT2D eigenvalue weighted by atomic mass is 10.2. The maximum atomic E-state index is 12.3. The van der Waals surface area contributed by atoms with E-state index < -0.39 is 0 Å². The van der Waals surface area contributed by atoms with Crippen LogP contribution >= 0.6 is 24.8 Å². The molecule has 2 aromatic rings. The number of amides is 1. The van der Waals surface area contributed by atoms with Gasteiger partial charge in [0.2, 0.25) is 5.91 Å². The Morgan fingerprint density at radius 2 is 1.38 bits per heavy atom. The van der Waals surface area contributed by atoms with Crippen molar-refractivity contribution in [3.8, 4) is 0 Å². The van der Waals surface area contributed by atoms with E-state index in [2.05, 4.69) is 34.5 Å². The number of hydrogen-bond donors (Lipinski definition) is 1. The molecule has 0 bridgehead atoms. The van der Waals surface area contributed by atoms with E-state index in [1.165, 1.54) is 5.69 Å². The molecule has 2 aromatic carbocycles. The number of nitrogens with zero attached hydrogens (tertiary/aromatic N) is 2. The lowest BCUT2D eigenvalue weighted by molar-refractivity contribution is -0.129. The van der Waals surface area contributed by atoms with Crippen LogP contribution in [0.25, 0.3) is 0 Å². The molecule has 1 fully saturated rings. The Hall–Kier alpha value is -1.91. The van der Waals surface area contributed by atoms with Crippen molar-refractivity contribution in [2.24, 2.45) is 0 Å². The van der Waals surface area contributed by atoms with Gasteiger partial charge in [0.05, 0.1) is 6.54 Å². The third-order valence-electron chi connectivity index (χ3n) is 3.97. The molecule has 3 rings (SSSR count). The molecule has 6 heteroatoms. The summed E-state index contributed by atoms with van der Waals surface area (Å²) in [5, 5.41) is 3.18. The van der Waals surface area contributed by atoms with Crippen molar-refractivity contribution in [1.29, 1.82) is 0 Å². The molecule has 0 aromatic heterocycles. The van der Waals surface area contributed by atoms with Crippen LogP contribution in [0.4, 0.5) is 11.4 Å². The minimum atomic E-state index is 0. The zero-order chi connectivity index (χ0) is 15.2. The minimum Gasteiger partial charge on any atom is -0.376 e. The number of benzene rings is 2. The monoisotopic (exact) mass is 367 g/mol. The third kappa shape index (κ3) is 5.32. The van der Waals surface area contributed by atoms with E-state index in [0.717, 1.165) is 31.9 Å². The van der Waals surface area contributed by atoms with Gasteiger partial charge in [-0.1, -0.05) is 36.4 Å². The number of piperazine rings is 1. The number of carbonyl (C=O) groups is 1. The van der Waals surface area contributed by atoms with Crippen LogP contribution in [0.2, 0.25) is 0 Å². The fourth-order valence-electron chi connectivity index (χ4n) is 2.70. The number of halogens is 2. The Balaban J connectivity index is 0.00000144. The van der Waals surface area contributed by atoms with Crippen LogP contribution in [-0.4, -0.2) is 43.5 Å². The summed E-state index contributed by atoms with van der Waals surface area (Å²) in [5.74, 6) is 0.163. The van der Waals surface area contributed by atoms with Crippen LogP contribution in [-0.2, 0) is 4.79 Å². The van der Waals surface area contributed by atoms with Gasteiger partial charge in [0.25, 0.3) is 0 Å². The Morgan fingerprint density at radius 1 is 0.833 bits per heavy atom. The van der Waals surface area contributed by atoms with Gasteiger partial charge in [-0.2, -0.15) is 0 Å². The van der Waals surface area contributed by atoms with E-state index in [9.17, 15) is 4.79 Å². The number of carbonyl (C=O) groups excluding carboxylic acids is 1. The number of anilines is 2.